The largest absolute Gasteiger partial charge is 0.497 e. The van der Waals surface area contributed by atoms with Gasteiger partial charge in [-0.05, 0) is 24.6 Å². The number of methoxy groups -OCH3 is 1. The van der Waals surface area contributed by atoms with Gasteiger partial charge in [-0.3, -0.25) is 14.9 Å². The number of nitro groups is 1. The lowest BCUT2D eigenvalue weighted by molar-refractivity contribution is -0.484. The Labute approximate surface area is 104 Å². The molecule has 0 radical (unpaired) electrons. The number of carbonyl (C=O) groups is 1. The lowest BCUT2D eigenvalue weighted by Crippen LogP contribution is -2.30. The molecule has 0 bridgehead atoms. The molecule has 1 aromatic rings. The fraction of sp³-hybridized carbons (Fsp3) is 0.417. The monoisotopic (exact) mass is 253 g/mol. The van der Waals surface area contributed by atoms with Crippen molar-refractivity contribution in [3.8, 4) is 5.75 Å². The van der Waals surface area contributed by atoms with Crippen molar-refractivity contribution in [3.05, 3.63) is 39.9 Å². The second kappa shape index (κ2) is 6.11. The van der Waals surface area contributed by atoms with Crippen molar-refractivity contribution in [2.45, 2.75) is 18.9 Å². The van der Waals surface area contributed by atoms with Crippen LogP contribution in [0.3, 0.4) is 0 Å². The van der Waals surface area contributed by atoms with Crippen LogP contribution in [0.15, 0.2) is 24.3 Å². The zero-order valence-corrected chi connectivity index (χ0v) is 10.2. The molecule has 2 atom stereocenters. The molecule has 0 saturated heterocycles. The molecule has 0 heterocycles. The topological polar surface area (TPSA) is 89.7 Å². The SMILES string of the molecule is COc1ccc([C@H](C[N+](=O)[O-])[C@@H](O)C(C)=O)cc1. The molecule has 0 aliphatic carbocycles. The lowest BCUT2D eigenvalue weighted by atomic mass is 9.91. The van der Waals surface area contributed by atoms with Crippen molar-refractivity contribution in [2.75, 3.05) is 13.7 Å². The Morgan fingerprint density at radius 2 is 2.00 bits per heavy atom. The van der Waals surface area contributed by atoms with Crippen LogP contribution in [0.1, 0.15) is 18.4 Å². The van der Waals surface area contributed by atoms with E-state index in [-0.39, 0.29) is 0 Å². The fourth-order valence-corrected chi connectivity index (χ4v) is 1.68. The molecule has 0 saturated carbocycles. The van der Waals surface area contributed by atoms with Crippen LogP contribution in [-0.4, -0.2) is 35.6 Å². The summed E-state index contributed by atoms with van der Waals surface area (Å²) in [7, 11) is 1.51. The minimum absolute atomic E-state index is 0.488. The van der Waals surface area contributed by atoms with Gasteiger partial charge in [-0.25, -0.2) is 0 Å². The molecule has 6 nitrogen and oxygen atoms in total. The minimum Gasteiger partial charge on any atom is -0.497 e. The number of rotatable bonds is 6. The van der Waals surface area contributed by atoms with Crippen LogP contribution in [-0.2, 0) is 4.79 Å². The summed E-state index contributed by atoms with van der Waals surface area (Å²) in [6.45, 7) is 0.716. The van der Waals surface area contributed by atoms with Crippen LogP contribution in [0.4, 0.5) is 0 Å². The molecule has 0 fully saturated rings. The first kappa shape index (κ1) is 14.1. The van der Waals surface area contributed by atoms with Crippen LogP contribution in [0.5, 0.6) is 5.75 Å². The predicted molar refractivity (Wildman–Crippen MR) is 64.3 cm³/mol. The van der Waals surface area contributed by atoms with Crippen LogP contribution in [0.2, 0.25) is 0 Å². The normalized spacial score (nSPS) is 13.7. The van der Waals surface area contributed by atoms with Crippen molar-refractivity contribution in [3.63, 3.8) is 0 Å². The van der Waals surface area contributed by atoms with Gasteiger partial charge in [-0.1, -0.05) is 12.1 Å². The molecule has 98 valence electrons. The maximum absolute atomic E-state index is 11.2. The maximum Gasteiger partial charge on any atom is 0.213 e. The molecule has 18 heavy (non-hydrogen) atoms. The summed E-state index contributed by atoms with van der Waals surface area (Å²) >= 11 is 0. The van der Waals surface area contributed by atoms with E-state index in [1.54, 1.807) is 24.3 Å². The molecule has 0 unspecified atom stereocenters. The van der Waals surface area contributed by atoms with Gasteiger partial charge in [-0.15, -0.1) is 0 Å². The van der Waals surface area contributed by atoms with Gasteiger partial charge in [0.15, 0.2) is 5.78 Å². The first-order valence-corrected chi connectivity index (χ1v) is 5.40. The Morgan fingerprint density at radius 1 is 1.44 bits per heavy atom. The van der Waals surface area contributed by atoms with Crippen molar-refractivity contribution in [2.24, 2.45) is 0 Å². The third kappa shape index (κ3) is 3.53. The molecular formula is C12H15NO5. The smallest absolute Gasteiger partial charge is 0.213 e. The van der Waals surface area contributed by atoms with Gasteiger partial charge in [0.05, 0.1) is 13.0 Å². The summed E-state index contributed by atoms with van der Waals surface area (Å²) < 4.78 is 4.97. The van der Waals surface area contributed by atoms with E-state index < -0.39 is 29.3 Å². The van der Waals surface area contributed by atoms with Crippen molar-refractivity contribution < 1.29 is 19.6 Å². The molecule has 1 rings (SSSR count). The molecule has 0 amide bonds. The van der Waals surface area contributed by atoms with Crippen molar-refractivity contribution >= 4 is 5.78 Å². The summed E-state index contributed by atoms with van der Waals surface area (Å²) in [5, 5.41) is 20.3. The van der Waals surface area contributed by atoms with Gasteiger partial charge in [0.2, 0.25) is 6.54 Å². The van der Waals surface area contributed by atoms with E-state index in [1.165, 1.54) is 14.0 Å². The zero-order valence-electron chi connectivity index (χ0n) is 10.2. The molecule has 0 spiro atoms. The number of Topliss-reactive ketones (excluding diaryl/α,β-unsaturated/α-hetero) is 1. The molecule has 1 N–H and O–H groups in total. The summed E-state index contributed by atoms with van der Waals surface area (Å²) in [6.07, 6.45) is -1.37. The quantitative estimate of drug-likeness (QED) is 0.603. The minimum atomic E-state index is -1.37. The number of ketones is 1. The van der Waals surface area contributed by atoms with Gasteiger partial charge in [0.1, 0.15) is 11.9 Å². The highest BCUT2D eigenvalue weighted by Crippen LogP contribution is 2.23. The Bertz CT molecular complexity index is 429. The molecular weight excluding hydrogens is 238 g/mol. The van der Waals surface area contributed by atoms with E-state index in [0.717, 1.165) is 0 Å². The van der Waals surface area contributed by atoms with Gasteiger partial charge >= 0.3 is 0 Å². The number of hydrogen-bond acceptors (Lipinski definition) is 5. The molecule has 0 aliphatic heterocycles. The first-order valence-electron chi connectivity index (χ1n) is 5.40. The number of benzene rings is 1. The Hall–Kier alpha value is -1.95. The van der Waals surface area contributed by atoms with Gasteiger partial charge in [-0.2, -0.15) is 0 Å². The molecule has 6 heteroatoms. The number of nitrogens with zero attached hydrogens (tertiary/aromatic N) is 1. The average Bonchev–Trinajstić information content (AvgIpc) is 2.35. The lowest BCUT2D eigenvalue weighted by Gasteiger charge is -2.17. The third-order valence-corrected chi connectivity index (χ3v) is 2.69. The van der Waals surface area contributed by atoms with Crippen molar-refractivity contribution in [1.82, 2.24) is 0 Å². The van der Waals surface area contributed by atoms with E-state index in [9.17, 15) is 20.0 Å². The second-order valence-electron chi connectivity index (χ2n) is 3.95. The van der Waals surface area contributed by atoms with Crippen LogP contribution in [0, 0.1) is 10.1 Å². The zero-order chi connectivity index (χ0) is 13.7. The second-order valence-corrected chi connectivity index (χ2v) is 3.95. The summed E-state index contributed by atoms with van der Waals surface area (Å²) in [6, 6.07) is 6.49. The highest BCUT2D eigenvalue weighted by Gasteiger charge is 2.29. The average molecular weight is 253 g/mol. The number of aliphatic hydroxyl groups excluding tert-OH is 1. The van der Waals surface area contributed by atoms with Gasteiger partial charge in [0, 0.05) is 4.92 Å². The predicted octanol–water partition coefficient (Wildman–Crippen LogP) is 1.01. The van der Waals surface area contributed by atoms with E-state index >= 15 is 0 Å². The third-order valence-electron chi connectivity index (χ3n) is 2.69. The molecule has 0 aliphatic rings. The first-order chi connectivity index (χ1) is 8.45. The molecule has 0 aromatic heterocycles. The van der Waals surface area contributed by atoms with E-state index in [1.807, 2.05) is 0 Å². The summed E-state index contributed by atoms with van der Waals surface area (Å²) in [5.74, 6) is -0.725. The summed E-state index contributed by atoms with van der Waals surface area (Å²) in [4.78, 5) is 21.2. The number of carbonyl (C=O) groups excluding carboxylic acids is 1. The number of hydrogen-bond donors (Lipinski definition) is 1. The highest BCUT2D eigenvalue weighted by atomic mass is 16.6. The van der Waals surface area contributed by atoms with Crippen LogP contribution in [0.25, 0.3) is 0 Å². The number of aliphatic hydroxyl groups is 1. The van der Waals surface area contributed by atoms with Crippen molar-refractivity contribution in [1.29, 1.82) is 0 Å². The highest BCUT2D eigenvalue weighted by molar-refractivity contribution is 5.81. The Morgan fingerprint density at radius 3 is 2.39 bits per heavy atom. The Balaban J connectivity index is 3.00. The van der Waals surface area contributed by atoms with Gasteiger partial charge < -0.3 is 9.84 Å². The van der Waals surface area contributed by atoms with E-state index in [2.05, 4.69) is 0 Å². The Kier molecular flexibility index (Phi) is 4.79. The van der Waals surface area contributed by atoms with Crippen LogP contribution >= 0.6 is 0 Å². The number of ether oxygens (including phenoxy) is 1. The van der Waals surface area contributed by atoms with E-state index in [0.29, 0.717) is 11.3 Å². The van der Waals surface area contributed by atoms with Crippen LogP contribution < -0.4 is 4.74 Å². The summed E-state index contributed by atoms with van der Waals surface area (Å²) in [5.41, 5.74) is 0.537. The van der Waals surface area contributed by atoms with E-state index in [4.69, 9.17) is 4.74 Å². The van der Waals surface area contributed by atoms with Gasteiger partial charge in [0.25, 0.3) is 0 Å². The standard InChI is InChI=1S/C12H15NO5/c1-8(14)12(15)11(7-13(16)17)9-3-5-10(18-2)6-4-9/h3-6,11-12,15H,7H2,1-2H3/t11-,12-/m0/s1. The maximum atomic E-state index is 11.2. The fourth-order valence-electron chi connectivity index (χ4n) is 1.68. The molecule has 1 aromatic carbocycles.